The zero-order valence-corrected chi connectivity index (χ0v) is 11.4. The molecule has 0 atom stereocenters. The highest BCUT2D eigenvalue weighted by Gasteiger charge is 2.19. The molecule has 6 nitrogen and oxygen atoms in total. The molecule has 0 aliphatic carbocycles. The molecule has 1 amide bonds. The molecule has 0 fully saturated rings. The number of carbonyl (C=O) groups is 1. The highest BCUT2D eigenvalue weighted by Crippen LogP contribution is 2.23. The summed E-state index contributed by atoms with van der Waals surface area (Å²) < 4.78 is 0.495. The second kappa shape index (κ2) is 6.46. The fourth-order valence-corrected chi connectivity index (χ4v) is 1.90. The van der Waals surface area contributed by atoms with Crippen LogP contribution in [0.2, 0.25) is 0 Å². The van der Waals surface area contributed by atoms with Crippen LogP contribution in [-0.4, -0.2) is 40.5 Å². The topological polar surface area (TPSA) is 83.7 Å². The Hall–Kier alpha value is -1.47. The molecule has 1 rings (SSSR count). The fourth-order valence-electron chi connectivity index (χ4n) is 1.49. The molecule has 0 aliphatic rings. The number of carbonyl (C=O) groups excluding carboxylic acids is 1. The maximum atomic E-state index is 12.1. The van der Waals surface area contributed by atoms with E-state index in [2.05, 4.69) is 15.9 Å². The molecule has 0 radical (unpaired) electrons. The molecule has 0 aromatic heterocycles. The summed E-state index contributed by atoms with van der Waals surface area (Å²) in [4.78, 5) is 23.7. The van der Waals surface area contributed by atoms with Gasteiger partial charge < -0.3 is 10.0 Å². The van der Waals surface area contributed by atoms with Crippen molar-refractivity contribution < 1.29 is 14.8 Å². The van der Waals surface area contributed by atoms with E-state index >= 15 is 0 Å². The number of amides is 1. The van der Waals surface area contributed by atoms with Gasteiger partial charge in [-0.05, 0) is 28.9 Å². The SMILES string of the molecule is CCN(CCO)C(=O)c1cc([N+](=O)[O-])ccc1Br. The van der Waals surface area contributed by atoms with Crippen LogP contribution in [0.3, 0.4) is 0 Å². The first-order chi connectivity index (χ1) is 8.51. The zero-order valence-electron chi connectivity index (χ0n) is 9.80. The molecule has 0 spiro atoms. The second-order valence-electron chi connectivity index (χ2n) is 3.53. The lowest BCUT2D eigenvalue weighted by Crippen LogP contribution is -2.33. The standard InChI is InChI=1S/C11H13BrN2O4/c1-2-13(5-6-15)11(16)9-7-8(14(17)18)3-4-10(9)12/h3-4,7,15H,2,5-6H2,1H3. The lowest BCUT2D eigenvalue weighted by molar-refractivity contribution is -0.384. The number of nitrogens with zero attached hydrogens (tertiary/aromatic N) is 2. The number of benzene rings is 1. The van der Waals surface area contributed by atoms with E-state index in [1.54, 1.807) is 6.92 Å². The summed E-state index contributed by atoms with van der Waals surface area (Å²) in [6.07, 6.45) is 0. The summed E-state index contributed by atoms with van der Waals surface area (Å²) in [6, 6.07) is 4.02. The molecular weight excluding hydrogens is 304 g/mol. The lowest BCUT2D eigenvalue weighted by Gasteiger charge is -2.20. The van der Waals surface area contributed by atoms with Crippen LogP contribution in [0.5, 0.6) is 0 Å². The maximum Gasteiger partial charge on any atom is 0.270 e. The van der Waals surface area contributed by atoms with Crippen LogP contribution in [0.1, 0.15) is 17.3 Å². The summed E-state index contributed by atoms with van der Waals surface area (Å²) in [6.45, 7) is 2.25. The van der Waals surface area contributed by atoms with E-state index in [4.69, 9.17) is 5.11 Å². The van der Waals surface area contributed by atoms with Gasteiger partial charge in [-0.25, -0.2) is 0 Å². The van der Waals surface area contributed by atoms with Crippen molar-refractivity contribution in [2.45, 2.75) is 6.92 Å². The predicted molar refractivity (Wildman–Crippen MR) is 69.5 cm³/mol. The molecule has 98 valence electrons. The Kier molecular flexibility index (Phi) is 5.24. The van der Waals surface area contributed by atoms with Crippen molar-refractivity contribution in [2.75, 3.05) is 19.7 Å². The second-order valence-corrected chi connectivity index (χ2v) is 4.38. The molecule has 18 heavy (non-hydrogen) atoms. The maximum absolute atomic E-state index is 12.1. The Balaban J connectivity index is 3.10. The Labute approximate surface area is 112 Å². The van der Waals surface area contributed by atoms with Gasteiger partial charge in [-0.15, -0.1) is 0 Å². The Morgan fingerprint density at radius 3 is 2.72 bits per heavy atom. The van der Waals surface area contributed by atoms with E-state index in [1.807, 2.05) is 0 Å². The first kappa shape index (κ1) is 14.6. The molecular formula is C11H13BrN2O4. The minimum atomic E-state index is -0.550. The van der Waals surface area contributed by atoms with E-state index < -0.39 is 4.92 Å². The van der Waals surface area contributed by atoms with Crippen molar-refractivity contribution in [2.24, 2.45) is 0 Å². The number of hydrogen-bond acceptors (Lipinski definition) is 4. The fraction of sp³-hybridized carbons (Fsp3) is 0.364. The van der Waals surface area contributed by atoms with Crippen molar-refractivity contribution in [1.82, 2.24) is 4.90 Å². The van der Waals surface area contributed by atoms with Gasteiger partial charge in [-0.2, -0.15) is 0 Å². The molecule has 7 heteroatoms. The largest absolute Gasteiger partial charge is 0.395 e. The molecule has 1 aromatic rings. The molecule has 1 N–H and O–H groups in total. The number of hydrogen-bond donors (Lipinski definition) is 1. The van der Waals surface area contributed by atoms with Crippen LogP contribution in [-0.2, 0) is 0 Å². The summed E-state index contributed by atoms with van der Waals surface area (Å²) in [7, 11) is 0. The van der Waals surface area contributed by atoms with Crippen LogP contribution in [0.25, 0.3) is 0 Å². The number of non-ortho nitro benzene ring substituents is 1. The molecule has 0 bridgehead atoms. The van der Waals surface area contributed by atoms with Gasteiger partial charge >= 0.3 is 0 Å². The van der Waals surface area contributed by atoms with E-state index in [1.165, 1.54) is 23.1 Å². The highest BCUT2D eigenvalue weighted by molar-refractivity contribution is 9.10. The van der Waals surface area contributed by atoms with Gasteiger partial charge in [0.15, 0.2) is 0 Å². The van der Waals surface area contributed by atoms with Crippen LogP contribution < -0.4 is 0 Å². The van der Waals surface area contributed by atoms with Crippen LogP contribution in [0.15, 0.2) is 22.7 Å². The van der Waals surface area contributed by atoms with Crippen LogP contribution in [0.4, 0.5) is 5.69 Å². The average molecular weight is 317 g/mol. The third-order valence-corrected chi connectivity index (χ3v) is 3.12. The first-order valence-electron chi connectivity index (χ1n) is 5.35. The molecule has 0 heterocycles. The van der Waals surface area contributed by atoms with Gasteiger partial charge in [-0.1, -0.05) is 0 Å². The number of aliphatic hydroxyl groups is 1. The quantitative estimate of drug-likeness (QED) is 0.663. The van der Waals surface area contributed by atoms with Crippen molar-refractivity contribution in [3.8, 4) is 0 Å². The number of likely N-dealkylation sites (N-methyl/N-ethyl adjacent to an activating group) is 1. The summed E-state index contributed by atoms with van der Waals surface area (Å²) in [5.41, 5.74) is 0.0844. The molecule has 0 saturated heterocycles. The van der Waals surface area contributed by atoms with Crippen molar-refractivity contribution in [1.29, 1.82) is 0 Å². The van der Waals surface area contributed by atoms with Gasteiger partial charge in [0.2, 0.25) is 0 Å². The number of halogens is 1. The Bertz CT molecular complexity index is 464. The lowest BCUT2D eigenvalue weighted by atomic mass is 10.1. The van der Waals surface area contributed by atoms with Crippen molar-refractivity contribution in [3.63, 3.8) is 0 Å². The molecule has 0 saturated carbocycles. The average Bonchev–Trinajstić information content (AvgIpc) is 2.35. The number of rotatable bonds is 5. The summed E-state index contributed by atoms with van der Waals surface area (Å²) in [5.74, 6) is -0.345. The van der Waals surface area contributed by atoms with E-state index in [0.717, 1.165) is 0 Å². The third-order valence-electron chi connectivity index (χ3n) is 2.43. The number of nitro groups is 1. The zero-order chi connectivity index (χ0) is 13.7. The highest BCUT2D eigenvalue weighted by atomic mass is 79.9. The Morgan fingerprint density at radius 1 is 1.56 bits per heavy atom. The Morgan fingerprint density at radius 2 is 2.22 bits per heavy atom. The van der Waals surface area contributed by atoms with E-state index in [0.29, 0.717) is 11.0 Å². The van der Waals surface area contributed by atoms with Gasteiger partial charge in [0, 0.05) is 29.7 Å². The molecule has 0 aliphatic heterocycles. The van der Waals surface area contributed by atoms with Gasteiger partial charge in [0.05, 0.1) is 17.1 Å². The van der Waals surface area contributed by atoms with Crippen LogP contribution >= 0.6 is 15.9 Å². The minimum absolute atomic E-state index is 0.137. The normalized spacial score (nSPS) is 10.2. The molecule has 0 unspecified atom stereocenters. The van der Waals surface area contributed by atoms with Crippen molar-refractivity contribution in [3.05, 3.63) is 38.3 Å². The smallest absolute Gasteiger partial charge is 0.270 e. The van der Waals surface area contributed by atoms with Crippen LogP contribution in [0, 0.1) is 10.1 Å². The number of nitro benzene ring substituents is 1. The molecule has 1 aromatic carbocycles. The predicted octanol–water partition coefficient (Wildman–Crippen LogP) is 1.81. The summed E-state index contributed by atoms with van der Waals surface area (Å²) >= 11 is 3.20. The monoisotopic (exact) mass is 316 g/mol. The third kappa shape index (κ3) is 3.27. The van der Waals surface area contributed by atoms with Gasteiger partial charge in [-0.3, -0.25) is 14.9 Å². The number of aliphatic hydroxyl groups excluding tert-OH is 1. The minimum Gasteiger partial charge on any atom is -0.395 e. The van der Waals surface area contributed by atoms with E-state index in [-0.39, 0.29) is 30.3 Å². The van der Waals surface area contributed by atoms with Gasteiger partial charge in [0.1, 0.15) is 0 Å². The first-order valence-corrected chi connectivity index (χ1v) is 6.14. The van der Waals surface area contributed by atoms with Crippen molar-refractivity contribution >= 4 is 27.5 Å². The summed E-state index contributed by atoms with van der Waals surface area (Å²) in [5, 5.41) is 19.5. The van der Waals surface area contributed by atoms with Gasteiger partial charge in [0.25, 0.3) is 11.6 Å². The van der Waals surface area contributed by atoms with E-state index in [9.17, 15) is 14.9 Å².